The third-order valence-corrected chi connectivity index (χ3v) is 3.22. The van der Waals surface area contributed by atoms with Crippen molar-refractivity contribution in [2.75, 3.05) is 11.1 Å². The van der Waals surface area contributed by atoms with E-state index in [9.17, 15) is 9.59 Å². The van der Waals surface area contributed by atoms with Crippen LogP contribution in [0.5, 0.6) is 0 Å². The number of rotatable bonds is 4. The van der Waals surface area contributed by atoms with Crippen LogP contribution in [0.15, 0.2) is 35.4 Å². The van der Waals surface area contributed by atoms with Gasteiger partial charge in [0.2, 0.25) is 5.91 Å². The average molecular weight is 274 g/mol. The van der Waals surface area contributed by atoms with Crippen LogP contribution in [-0.4, -0.2) is 15.0 Å². The number of anilines is 2. The highest BCUT2D eigenvalue weighted by Crippen LogP contribution is 2.20. The first kappa shape index (κ1) is 13.9. The highest BCUT2D eigenvalue weighted by molar-refractivity contribution is 5.92. The summed E-state index contributed by atoms with van der Waals surface area (Å²) in [4.78, 5) is 23.8. The van der Waals surface area contributed by atoms with E-state index in [-0.39, 0.29) is 18.1 Å². The van der Waals surface area contributed by atoms with Gasteiger partial charge in [-0.25, -0.2) is 4.79 Å². The number of amides is 1. The summed E-state index contributed by atoms with van der Waals surface area (Å²) in [6, 6.07) is 5.33. The fourth-order valence-corrected chi connectivity index (χ4v) is 1.95. The predicted molar refractivity (Wildman–Crippen MR) is 78.6 cm³/mol. The van der Waals surface area contributed by atoms with E-state index in [0.29, 0.717) is 17.9 Å². The van der Waals surface area contributed by atoms with Crippen molar-refractivity contribution < 1.29 is 4.79 Å². The Morgan fingerprint density at radius 1 is 1.30 bits per heavy atom. The lowest BCUT2D eigenvalue weighted by atomic mass is 10.1. The topological polar surface area (TPSA) is 82.1 Å². The summed E-state index contributed by atoms with van der Waals surface area (Å²) >= 11 is 0. The zero-order valence-electron chi connectivity index (χ0n) is 11.6. The molecule has 1 heterocycles. The van der Waals surface area contributed by atoms with Gasteiger partial charge in [0, 0.05) is 30.3 Å². The average Bonchev–Trinajstić information content (AvgIpc) is 2.76. The summed E-state index contributed by atoms with van der Waals surface area (Å²) in [7, 11) is 0. The van der Waals surface area contributed by atoms with Crippen molar-refractivity contribution in [2.24, 2.45) is 0 Å². The molecule has 0 spiro atoms. The second-order valence-corrected chi connectivity index (χ2v) is 4.56. The van der Waals surface area contributed by atoms with Crippen LogP contribution in [0.3, 0.4) is 0 Å². The first-order valence-corrected chi connectivity index (χ1v) is 6.43. The lowest BCUT2D eigenvalue weighted by Crippen LogP contribution is -2.29. The first-order chi connectivity index (χ1) is 9.52. The Bertz CT molecular complexity index is 685. The van der Waals surface area contributed by atoms with Crippen molar-refractivity contribution in [3.8, 4) is 0 Å². The van der Waals surface area contributed by atoms with Gasteiger partial charge >= 0.3 is 5.69 Å². The van der Waals surface area contributed by atoms with Gasteiger partial charge in [-0.3, -0.25) is 13.9 Å². The van der Waals surface area contributed by atoms with Crippen molar-refractivity contribution in [1.29, 1.82) is 0 Å². The third-order valence-electron chi connectivity index (χ3n) is 3.22. The molecule has 0 fully saturated rings. The van der Waals surface area contributed by atoms with Crippen LogP contribution < -0.4 is 16.7 Å². The smallest absolute Gasteiger partial charge is 0.328 e. The van der Waals surface area contributed by atoms with E-state index >= 15 is 0 Å². The standard InChI is InChI=1S/C14H18N4O2/c1-3-17-7-8-18(14(17)20)9-13(19)16-12-6-4-5-11(15)10(12)2/h4-8H,3,9,15H2,1-2H3,(H,16,19). The van der Waals surface area contributed by atoms with Crippen LogP contribution in [-0.2, 0) is 17.9 Å². The van der Waals surface area contributed by atoms with Crippen molar-refractivity contribution in [3.63, 3.8) is 0 Å². The zero-order valence-corrected chi connectivity index (χ0v) is 11.6. The molecule has 0 aliphatic heterocycles. The second kappa shape index (κ2) is 5.64. The van der Waals surface area contributed by atoms with Gasteiger partial charge in [-0.2, -0.15) is 0 Å². The summed E-state index contributed by atoms with van der Waals surface area (Å²) < 4.78 is 2.92. The monoisotopic (exact) mass is 274 g/mol. The molecule has 0 bridgehead atoms. The Morgan fingerprint density at radius 3 is 2.65 bits per heavy atom. The number of hydrogen-bond acceptors (Lipinski definition) is 3. The molecular weight excluding hydrogens is 256 g/mol. The van der Waals surface area contributed by atoms with Crippen LogP contribution >= 0.6 is 0 Å². The van der Waals surface area contributed by atoms with Gasteiger partial charge in [-0.05, 0) is 31.5 Å². The SMILES string of the molecule is CCn1ccn(CC(=O)Nc2cccc(N)c2C)c1=O. The number of aromatic nitrogens is 2. The molecule has 1 amide bonds. The lowest BCUT2D eigenvalue weighted by molar-refractivity contribution is -0.116. The number of benzene rings is 1. The molecule has 106 valence electrons. The number of aryl methyl sites for hydroxylation is 1. The summed E-state index contributed by atoms with van der Waals surface area (Å²) in [5, 5.41) is 2.77. The van der Waals surface area contributed by atoms with E-state index < -0.39 is 0 Å². The van der Waals surface area contributed by atoms with E-state index in [0.717, 1.165) is 5.56 Å². The van der Waals surface area contributed by atoms with E-state index in [4.69, 9.17) is 5.73 Å². The summed E-state index contributed by atoms with van der Waals surface area (Å²) in [6.45, 7) is 4.29. The van der Waals surface area contributed by atoms with Crippen molar-refractivity contribution in [1.82, 2.24) is 9.13 Å². The van der Waals surface area contributed by atoms with Gasteiger partial charge in [0.05, 0.1) is 0 Å². The van der Waals surface area contributed by atoms with Gasteiger partial charge in [0.15, 0.2) is 0 Å². The fraction of sp³-hybridized carbons (Fsp3) is 0.286. The molecule has 20 heavy (non-hydrogen) atoms. The Morgan fingerprint density at radius 2 is 2.00 bits per heavy atom. The molecule has 1 aromatic heterocycles. The van der Waals surface area contributed by atoms with Crippen molar-refractivity contribution >= 4 is 17.3 Å². The summed E-state index contributed by atoms with van der Waals surface area (Å²) in [6.07, 6.45) is 3.28. The fourth-order valence-electron chi connectivity index (χ4n) is 1.95. The predicted octanol–water partition coefficient (Wildman–Crippen LogP) is 1.20. The number of nitrogen functional groups attached to an aromatic ring is 1. The van der Waals surface area contributed by atoms with E-state index in [1.807, 2.05) is 13.8 Å². The molecule has 2 aromatic rings. The minimum atomic E-state index is -0.255. The molecule has 0 unspecified atom stereocenters. The number of imidazole rings is 1. The van der Waals surface area contributed by atoms with Crippen molar-refractivity contribution in [2.45, 2.75) is 26.9 Å². The first-order valence-electron chi connectivity index (χ1n) is 6.43. The number of nitrogens with two attached hydrogens (primary N) is 1. The highest BCUT2D eigenvalue weighted by atomic mass is 16.2. The molecule has 6 nitrogen and oxygen atoms in total. The Hall–Kier alpha value is -2.50. The molecule has 0 saturated carbocycles. The maximum atomic E-state index is 12.0. The van der Waals surface area contributed by atoms with Gasteiger partial charge in [0.1, 0.15) is 6.54 Å². The minimum Gasteiger partial charge on any atom is -0.398 e. The zero-order chi connectivity index (χ0) is 14.7. The van der Waals surface area contributed by atoms with Gasteiger partial charge in [-0.1, -0.05) is 6.07 Å². The molecule has 6 heteroatoms. The summed E-state index contributed by atoms with van der Waals surface area (Å²) in [5.74, 6) is -0.255. The van der Waals surface area contributed by atoms with E-state index in [1.54, 1.807) is 35.2 Å². The molecule has 1 aromatic carbocycles. The molecule has 0 saturated heterocycles. The molecule has 2 rings (SSSR count). The highest BCUT2D eigenvalue weighted by Gasteiger charge is 2.09. The van der Waals surface area contributed by atoms with Crippen LogP contribution in [0.25, 0.3) is 0 Å². The van der Waals surface area contributed by atoms with E-state index in [2.05, 4.69) is 5.32 Å². The Balaban J connectivity index is 2.11. The third kappa shape index (κ3) is 2.74. The van der Waals surface area contributed by atoms with Crippen molar-refractivity contribution in [3.05, 3.63) is 46.6 Å². The van der Waals surface area contributed by atoms with Crippen LogP contribution in [0, 0.1) is 6.92 Å². The largest absolute Gasteiger partial charge is 0.398 e. The molecule has 0 radical (unpaired) electrons. The summed E-state index contributed by atoms with van der Waals surface area (Å²) in [5.41, 5.74) is 7.70. The van der Waals surface area contributed by atoms with E-state index in [1.165, 1.54) is 4.57 Å². The molecule has 3 N–H and O–H groups in total. The molecular formula is C14H18N4O2. The maximum absolute atomic E-state index is 12.0. The second-order valence-electron chi connectivity index (χ2n) is 4.56. The number of nitrogens with zero attached hydrogens (tertiary/aromatic N) is 2. The minimum absolute atomic E-state index is 0.0138. The van der Waals surface area contributed by atoms with Crippen LogP contribution in [0.2, 0.25) is 0 Å². The van der Waals surface area contributed by atoms with Gasteiger partial charge in [0.25, 0.3) is 0 Å². The quantitative estimate of drug-likeness (QED) is 0.822. The number of carbonyl (C=O) groups excluding carboxylic acids is 1. The Kier molecular flexibility index (Phi) is 3.93. The van der Waals surface area contributed by atoms with Gasteiger partial charge in [-0.15, -0.1) is 0 Å². The number of nitrogens with one attached hydrogen (secondary N) is 1. The maximum Gasteiger partial charge on any atom is 0.328 e. The van der Waals surface area contributed by atoms with Crippen LogP contribution in [0.4, 0.5) is 11.4 Å². The number of carbonyl (C=O) groups is 1. The normalized spacial score (nSPS) is 10.5. The lowest BCUT2D eigenvalue weighted by Gasteiger charge is -2.10. The van der Waals surface area contributed by atoms with Crippen LogP contribution in [0.1, 0.15) is 12.5 Å². The Labute approximate surface area is 116 Å². The molecule has 0 atom stereocenters. The molecule has 0 aliphatic carbocycles. The molecule has 0 aliphatic rings. The number of hydrogen-bond donors (Lipinski definition) is 2. The van der Waals surface area contributed by atoms with Gasteiger partial charge < -0.3 is 11.1 Å².